The van der Waals surface area contributed by atoms with Crippen LogP contribution in [-0.4, -0.2) is 20.6 Å². The summed E-state index contributed by atoms with van der Waals surface area (Å²) in [5, 5.41) is 8.86. The number of carboxylic acid groups (broad SMARTS) is 1. The molecular weight excluding hydrogens is 278 g/mol. The van der Waals surface area contributed by atoms with Gasteiger partial charge < -0.3 is 9.67 Å². The third kappa shape index (κ3) is 1.49. The van der Waals surface area contributed by atoms with E-state index in [-0.39, 0.29) is 21.4 Å². The van der Waals surface area contributed by atoms with E-state index in [1.54, 1.807) is 6.92 Å². The number of carboxylic acids is 1. The topological polar surface area (TPSA) is 72.2 Å². The van der Waals surface area contributed by atoms with Gasteiger partial charge in [0.1, 0.15) is 11.2 Å². The number of carbonyl (C=O) groups is 1. The maximum atomic E-state index is 13.2. The summed E-state index contributed by atoms with van der Waals surface area (Å²) in [6.45, 7) is 1.75. The molecule has 0 saturated heterocycles. The van der Waals surface area contributed by atoms with Crippen molar-refractivity contribution in [2.24, 2.45) is 0 Å². The zero-order valence-corrected chi connectivity index (χ0v) is 10.3. The first kappa shape index (κ1) is 12.1. The van der Waals surface area contributed by atoms with Gasteiger partial charge in [0.2, 0.25) is 5.43 Å². The highest BCUT2D eigenvalue weighted by molar-refractivity contribution is 8.00. The van der Waals surface area contributed by atoms with E-state index in [0.29, 0.717) is 6.07 Å². The Labute approximate surface area is 108 Å². The second-order valence-electron chi connectivity index (χ2n) is 4.03. The standard InChI is InChI=1S/C11H6F2N2O3S/c1-3-15-9-4(2-5(12)8(13)14-9)7(16)6(11(17)18)10(15)19-3/h2-3H,1H3,(H,17,18). The molecule has 5 nitrogen and oxygen atoms in total. The first-order valence-corrected chi connectivity index (χ1v) is 6.14. The number of nitrogens with zero attached hydrogens (tertiary/aromatic N) is 2. The zero-order chi connectivity index (χ0) is 13.9. The summed E-state index contributed by atoms with van der Waals surface area (Å²) in [5.41, 5.74) is -1.31. The van der Waals surface area contributed by atoms with E-state index in [1.165, 1.54) is 16.3 Å². The molecule has 0 spiro atoms. The average Bonchev–Trinajstić information content (AvgIpc) is 2.31. The van der Waals surface area contributed by atoms with E-state index in [4.69, 9.17) is 5.11 Å². The molecule has 1 aliphatic heterocycles. The van der Waals surface area contributed by atoms with Crippen molar-refractivity contribution < 1.29 is 18.7 Å². The average molecular weight is 284 g/mol. The Bertz CT molecular complexity index is 803. The van der Waals surface area contributed by atoms with E-state index < -0.39 is 28.7 Å². The molecule has 0 bridgehead atoms. The van der Waals surface area contributed by atoms with E-state index in [1.807, 2.05) is 0 Å². The van der Waals surface area contributed by atoms with Crippen molar-refractivity contribution in [3.05, 3.63) is 33.6 Å². The fourth-order valence-electron chi connectivity index (χ4n) is 2.06. The number of pyridine rings is 2. The van der Waals surface area contributed by atoms with Crippen molar-refractivity contribution in [1.82, 2.24) is 9.55 Å². The molecule has 3 rings (SSSR count). The van der Waals surface area contributed by atoms with Crippen LogP contribution >= 0.6 is 11.8 Å². The quantitative estimate of drug-likeness (QED) is 0.811. The van der Waals surface area contributed by atoms with Crippen LogP contribution in [0.3, 0.4) is 0 Å². The molecule has 0 radical (unpaired) electrons. The smallest absolute Gasteiger partial charge is 0.342 e. The summed E-state index contributed by atoms with van der Waals surface area (Å²) < 4.78 is 27.8. The predicted molar refractivity (Wildman–Crippen MR) is 63.4 cm³/mol. The number of fused-ring (bicyclic) bond motifs is 3. The molecule has 3 heterocycles. The monoisotopic (exact) mass is 284 g/mol. The minimum absolute atomic E-state index is 0.0323. The summed E-state index contributed by atoms with van der Waals surface area (Å²) in [4.78, 5) is 26.5. The van der Waals surface area contributed by atoms with Crippen molar-refractivity contribution in [1.29, 1.82) is 0 Å². The Hall–Kier alpha value is -1.96. The number of aromatic carboxylic acids is 1. The van der Waals surface area contributed by atoms with Gasteiger partial charge in [0.05, 0.1) is 15.8 Å². The Morgan fingerprint density at radius 1 is 1.53 bits per heavy atom. The molecule has 0 aromatic carbocycles. The summed E-state index contributed by atoms with van der Waals surface area (Å²) >= 11 is 1.17. The fraction of sp³-hybridized carbons (Fsp3) is 0.182. The van der Waals surface area contributed by atoms with Crippen molar-refractivity contribution in [3.8, 4) is 0 Å². The lowest BCUT2D eigenvalue weighted by Gasteiger charge is -2.31. The maximum absolute atomic E-state index is 13.2. The highest BCUT2D eigenvalue weighted by Gasteiger charge is 2.33. The third-order valence-electron chi connectivity index (χ3n) is 2.91. The Balaban J connectivity index is 2.54. The number of thioether (sulfide) groups is 1. The number of rotatable bonds is 1. The lowest BCUT2D eigenvalue weighted by Crippen LogP contribution is -2.29. The number of aromatic nitrogens is 2. The molecule has 2 aromatic heterocycles. The van der Waals surface area contributed by atoms with Crippen LogP contribution in [0.5, 0.6) is 0 Å². The van der Waals surface area contributed by atoms with Gasteiger partial charge in [-0.1, -0.05) is 11.8 Å². The van der Waals surface area contributed by atoms with Gasteiger partial charge in [0, 0.05) is 0 Å². The van der Waals surface area contributed by atoms with Crippen LogP contribution in [0.4, 0.5) is 8.78 Å². The second-order valence-corrected chi connectivity index (χ2v) is 5.34. The molecular formula is C11H6F2N2O3S. The molecule has 0 fully saturated rings. The molecule has 1 aliphatic rings. The number of hydrogen-bond donors (Lipinski definition) is 1. The number of halogens is 2. The third-order valence-corrected chi connectivity index (χ3v) is 4.08. The summed E-state index contributed by atoms with van der Waals surface area (Å²) in [5.74, 6) is -3.98. The Morgan fingerprint density at radius 2 is 2.21 bits per heavy atom. The van der Waals surface area contributed by atoms with Crippen LogP contribution in [0.15, 0.2) is 15.9 Å². The van der Waals surface area contributed by atoms with Crippen LogP contribution in [0.25, 0.3) is 11.0 Å². The molecule has 0 amide bonds. The molecule has 0 aliphatic carbocycles. The Kier molecular flexibility index (Phi) is 2.40. The maximum Gasteiger partial charge on any atom is 0.342 e. The van der Waals surface area contributed by atoms with Gasteiger partial charge in [-0.15, -0.1) is 0 Å². The van der Waals surface area contributed by atoms with Gasteiger partial charge in [0.25, 0.3) is 5.95 Å². The van der Waals surface area contributed by atoms with Gasteiger partial charge in [-0.3, -0.25) is 4.79 Å². The van der Waals surface area contributed by atoms with Gasteiger partial charge >= 0.3 is 5.97 Å². The largest absolute Gasteiger partial charge is 0.477 e. The van der Waals surface area contributed by atoms with Gasteiger partial charge in [0.15, 0.2) is 5.82 Å². The molecule has 19 heavy (non-hydrogen) atoms. The van der Waals surface area contributed by atoms with Crippen molar-refractivity contribution in [2.75, 3.05) is 0 Å². The van der Waals surface area contributed by atoms with Gasteiger partial charge in [-0.2, -0.15) is 9.37 Å². The molecule has 0 saturated carbocycles. The summed E-state index contributed by atoms with van der Waals surface area (Å²) in [6, 6.07) is 0.690. The predicted octanol–water partition coefficient (Wildman–Crippen LogP) is 2.00. The first-order valence-electron chi connectivity index (χ1n) is 5.26. The van der Waals surface area contributed by atoms with E-state index in [2.05, 4.69) is 4.98 Å². The normalized spacial score (nSPS) is 17.1. The lowest BCUT2D eigenvalue weighted by atomic mass is 10.2. The zero-order valence-electron chi connectivity index (χ0n) is 9.48. The molecule has 98 valence electrons. The minimum atomic E-state index is -1.39. The van der Waals surface area contributed by atoms with Crippen LogP contribution < -0.4 is 5.43 Å². The lowest BCUT2D eigenvalue weighted by molar-refractivity contribution is 0.0689. The van der Waals surface area contributed by atoms with Crippen molar-refractivity contribution in [3.63, 3.8) is 0 Å². The number of hydrogen-bond acceptors (Lipinski definition) is 4. The van der Waals surface area contributed by atoms with Gasteiger partial charge in [-0.05, 0) is 13.0 Å². The van der Waals surface area contributed by atoms with E-state index in [0.717, 1.165) is 0 Å². The van der Waals surface area contributed by atoms with Crippen LogP contribution in [-0.2, 0) is 0 Å². The summed E-state index contributed by atoms with van der Waals surface area (Å²) in [6.07, 6.45) is 0. The minimum Gasteiger partial charge on any atom is -0.477 e. The van der Waals surface area contributed by atoms with Crippen LogP contribution in [0.2, 0.25) is 0 Å². The van der Waals surface area contributed by atoms with Gasteiger partial charge in [-0.25, -0.2) is 9.18 Å². The van der Waals surface area contributed by atoms with Crippen LogP contribution in [0.1, 0.15) is 22.7 Å². The van der Waals surface area contributed by atoms with E-state index >= 15 is 0 Å². The molecule has 8 heteroatoms. The van der Waals surface area contributed by atoms with Crippen molar-refractivity contribution in [2.45, 2.75) is 17.3 Å². The molecule has 2 aromatic rings. The molecule has 1 atom stereocenters. The molecule has 1 unspecified atom stereocenters. The highest BCUT2D eigenvalue weighted by Crippen LogP contribution is 2.45. The van der Waals surface area contributed by atoms with E-state index in [9.17, 15) is 18.4 Å². The second kappa shape index (κ2) is 3.77. The first-order chi connectivity index (χ1) is 8.91. The highest BCUT2D eigenvalue weighted by atomic mass is 32.2. The SMILES string of the molecule is CC1Sc2c(C(=O)O)c(=O)c3cc(F)c(F)nc3n21. The summed E-state index contributed by atoms with van der Waals surface area (Å²) in [7, 11) is 0. The van der Waals surface area contributed by atoms with Crippen LogP contribution in [0, 0.1) is 11.8 Å². The van der Waals surface area contributed by atoms with Crippen molar-refractivity contribution >= 4 is 28.8 Å². The fourth-order valence-corrected chi connectivity index (χ4v) is 3.19. The molecule has 1 N–H and O–H groups in total. The Morgan fingerprint density at radius 3 is 2.79 bits per heavy atom.